The van der Waals surface area contributed by atoms with Crippen molar-refractivity contribution >= 4 is 23.4 Å². The van der Waals surface area contributed by atoms with Crippen LogP contribution in [0.3, 0.4) is 0 Å². The lowest BCUT2D eigenvalue weighted by Crippen LogP contribution is -2.46. The number of nitrogens with zero attached hydrogens (tertiary/aromatic N) is 4. The van der Waals surface area contributed by atoms with E-state index in [0.29, 0.717) is 24.4 Å². The van der Waals surface area contributed by atoms with Crippen molar-refractivity contribution in [2.75, 3.05) is 31.5 Å². The maximum Gasteiger partial charge on any atom is 0.416 e. The number of likely N-dealkylation sites (tertiary alicyclic amines) is 1. The molecule has 2 N–H and O–H groups in total. The Kier molecular flexibility index (Phi) is 12.3. The number of carbonyl (C=O) groups excluding carboxylic acids is 1. The summed E-state index contributed by atoms with van der Waals surface area (Å²) in [6.07, 6.45) is 1.95. The second-order valence-corrected chi connectivity index (χ2v) is 12.9. The number of halogens is 3. The molecule has 0 unspecified atom stereocenters. The van der Waals surface area contributed by atoms with Gasteiger partial charge in [0.2, 0.25) is 5.91 Å². The van der Waals surface area contributed by atoms with Crippen molar-refractivity contribution in [1.29, 1.82) is 0 Å². The number of aromatic nitrogens is 1. The summed E-state index contributed by atoms with van der Waals surface area (Å²) in [5.74, 6) is 0.131. The Hall–Kier alpha value is -4.67. The number of anilines is 2. The zero-order valence-electron chi connectivity index (χ0n) is 29.0. The fourth-order valence-electron chi connectivity index (χ4n) is 6.31. The Morgan fingerprint density at radius 3 is 2.24 bits per heavy atom. The van der Waals surface area contributed by atoms with Gasteiger partial charge >= 0.3 is 6.18 Å². The second-order valence-electron chi connectivity index (χ2n) is 12.9. The number of rotatable bonds is 13. The van der Waals surface area contributed by atoms with Gasteiger partial charge in [0, 0.05) is 73.7 Å². The Morgan fingerprint density at radius 1 is 0.920 bits per heavy atom. The van der Waals surface area contributed by atoms with Gasteiger partial charge in [-0.1, -0.05) is 44.2 Å². The smallest absolute Gasteiger partial charge is 0.416 e. The molecule has 1 saturated heterocycles. The summed E-state index contributed by atoms with van der Waals surface area (Å²) in [5, 5.41) is 13.9. The van der Waals surface area contributed by atoms with Gasteiger partial charge in [0.15, 0.2) is 0 Å². The fraction of sp³-hybridized carbons (Fsp3) is 0.350. The minimum Gasteiger partial charge on any atom is -0.508 e. The van der Waals surface area contributed by atoms with Gasteiger partial charge in [0.25, 0.3) is 0 Å². The van der Waals surface area contributed by atoms with Crippen molar-refractivity contribution in [3.8, 4) is 5.75 Å². The maximum atomic E-state index is 13.8. The molecule has 0 bridgehead atoms. The first-order valence-electron chi connectivity index (χ1n) is 17.2. The first kappa shape index (κ1) is 36.6. The van der Waals surface area contributed by atoms with Crippen LogP contribution in [-0.2, 0) is 30.6 Å². The van der Waals surface area contributed by atoms with E-state index in [1.807, 2.05) is 54.3 Å². The third-order valence-electron chi connectivity index (χ3n) is 9.27. The van der Waals surface area contributed by atoms with Gasteiger partial charge in [0.05, 0.1) is 5.56 Å². The SMILES string of the molecule is CCN(CC)Cc1cc(CN2CCC(N(Cc3ccc(Nc4ccnc(C)c4)cc3)C(=O)C=Cc3ccc(C(F)(F)F)cc3)CC2)ccc1O. The minimum atomic E-state index is -4.41. The van der Waals surface area contributed by atoms with Gasteiger partial charge in [-0.2, -0.15) is 13.2 Å². The van der Waals surface area contributed by atoms with Gasteiger partial charge in [-0.15, -0.1) is 0 Å². The van der Waals surface area contributed by atoms with Crippen LogP contribution in [-0.4, -0.2) is 62.9 Å². The number of phenols is 1. The highest BCUT2D eigenvalue weighted by Crippen LogP contribution is 2.30. The largest absolute Gasteiger partial charge is 0.508 e. The van der Waals surface area contributed by atoms with Crippen LogP contribution in [0.25, 0.3) is 6.08 Å². The van der Waals surface area contributed by atoms with E-state index >= 15 is 0 Å². The van der Waals surface area contributed by atoms with Crippen LogP contribution in [0.4, 0.5) is 24.5 Å². The number of nitrogens with one attached hydrogen (secondary N) is 1. The summed E-state index contributed by atoms with van der Waals surface area (Å²) >= 11 is 0. The summed E-state index contributed by atoms with van der Waals surface area (Å²) in [6, 6.07) is 22.5. The molecule has 5 rings (SSSR count). The monoisotopic (exact) mass is 685 g/mol. The molecule has 7 nitrogen and oxygen atoms in total. The van der Waals surface area contributed by atoms with E-state index in [1.165, 1.54) is 18.2 Å². The van der Waals surface area contributed by atoms with Crippen LogP contribution < -0.4 is 5.32 Å². The molecular weight excluding hydrogens is 639 g/mol. The lowest BCUT2D eigenvalue weighted by molar-refractivity contribution is -0.137. The van der Waals surface area contributed by atoms with Crippen LogP contribution in [0.1, 0.15) is 60.2 Å². The Bertz CT molecular complexity index is 1730. The number of carbonyl (C=O) groups is 1. The number of pyridine rings is 1. The minimum absolute atomic E-state index is 0.00773. The van der Waals surface area contributed by atoms with E-state index in [4.69, 9.17) is 0 Å². The van der Waals surface area contributed by atoms with Crippen LogP contribution in [0, 0.1) is 6.92 Å². The third-order valence-corrected chi connectivity index (χ3v) is 9.27. The number of amides is 1. The molecule has 0 atom stereocenters. The van der Waals surface area contributed by atoms with E-state index in [0.717, 1.165) is 91.5 Å². The quantitative estimate of drug-likeness (QED) is 0.138. The lowest BCUT2D eigenvalue weighted by Gasteiger charge is -2.38. The molecule has 1 aliphatic heterocycles. The number of benzene rings is 3. The summed E-state index contributed by atoms with van der Waals surface area (Å²) in [4.78, 5) is 24.5. The van der Waals surface area contributed by atoms with Crippen molar-refractivity contribution in [2.24, 2.45) is 0 Å². The van der Waals surface area contributed by atoms with Crippen LogP contribution in [0.15, 0.2) is 91.1 Å². The molecule has 2 heterocycles. The first-order chi connectivity index (χ1) is 24.0. The topological polar surface area (TPSA) is 71.9 Å². The summed E-state index contributed by atoms with van der Waals surface area (Å²) < 4.78 is 39.2. The van der Waals surface area contributed by atoms with Crippen molar-refractivity contribution < 1.29 is 23.1 Å². The molecule has 0 aliphatic carbocycles. The Labute approximate surface area is 293 Å². The molecule has 1 aromatic heterocycles. The number of piperidine rings is 1. The third kappa shape index (κ3) is 10.2. The fourth-order valence-corrected chi connectivity index (χ4v) is 6.31. The maximum absolute atomic E-state index is 13.8. The number of aromatic hydroxyl groups is 1. The van der Waals surface area contributed by atoms with Crippen molar-refractivity contribution in [1.82, 2.24) is 19.7 Å². The van der Waals surface area contributed by atoms with E-state index in [-0.39, 0.29) is 11.9 Å². The molecule has 1 amide bonds. The molecule has 4 aromatic rings. The average molecular weight is 686 g/mol. The normalized spacial score (nSPS) is 14.4. The lowest BCUT2D eigenvalue weighted by atomic mass is 10.0. The van der Waals surface area contributed by atoms with E-state index in [1.54, 1.807) is 18.3 Å². The zero-order valence-corrected chi connectivity index (χ0v) is 29.0. The highest BCUT2D eigenvalue weighted by molar-refractivity contribution is 5.92. The van der Waals surface area contributed by atoms with Crippen molar-refractivity contribution in [2.45, 2.75) is 65.5 Å². The van der Waals surface area contributed by atoms with Gasteiger partial charge in [0.1, 0.15) is 5.75 Å². The van der Waals surface area contributed by atoms with E-state index in [2.05, 4.69) is 40.0 Å². The molecule has 264 valence electrons. The van der Waals surface area contributed by atoms with E-state index < -0.39 is 11.7 Å². The highest BCUT2D eigenvalue weighted by atomic mass is 19.4. The molecule has 10 heteroatoms. The van der Waals surface area contributed by atoms with Gasteiger partial charge in [-0.3, -0.25) is 19.6 Å². The summed E-state index contributed by atoms with van der Waals surface area (Å²) in [5.41, 5.74) is 5.62. The van der Waals surface area contributed by atoms with Crippen LogP contribution >= 0.6 is 0 Å². The molecule has 0 spiro atoms. The molecule has 0 saturated carbocycles. The predicted molar refractivity (Wildman–Crippen MR) is 193 cm³/mol. The Morgan fingerprint density at radius 2 is 1.60 bits per heavy atom. The summed E-state index contributed by atoms with van der Waals surface area (Å²) in [6.45, 7) is 11.5. The average Bonchev–Trinajstić information content (AvgIpc) is 3.10. The van der Waals surface area contributed by atoms with Crippen LogP contribution in [0.2, 0.25) is 0 Å². The number of aryl methyl sites for hydroxylation is 1. The van der Waals surface area contributed by atoms with Gasteiger partial charge in [-0.25, -0.2) is 0 Å². The number of hydrogen-bond acceptors (Lipinski definition) is 6. The van der Waals surface area contributed by atoms with Crippen LogP contribution in [0.5, 0.6) is 5.75 Å². The zero-order chi connectivity index (χ0) is 35.7. The molecular formula is C40H46F3N5O2. The standard InChI is InChI=1S/C40H46F3N5O2/c1-4-46(5-2)28-33-25-32(10-16-38(33)49)26-47-22-19-37(20-23-47)48(39(50)17-11-30-6-12-34(13-7-30)40(41,42)43)27-31-8-14-35(15-9-31)45-36-18-21-44-29(3)24-36/h6-18,21,24-25,37,49H,4-5,19-20,22-23,26-28H2,1-3H3,(H,44,45). The first-order valence-corrected chi connectivity index (χ1v) is 17.2. The molecule has 0 radical (unpaired) electrons. The number of alkyl halides is 3. The van der Waals surface area contributed by atoms with Gasteiger partial charge < -0.3 is 15.3 Å². The van der Waals surface area contributed by atoms with E-state index in [9.17, 15) is 23.1 Å². The number of hydrogen-bond donors (Lipinski definition) is 2. The molecule has 1 aliphatic rings. The summed E-state index contributed by atoms with van der Waals surface area (Å²) in [7, 11) is 0. The molecule has 50 heavy (non-hydrogen) atoms. The van der Waals surface area contributed by atoms with Crippen molar-refractivity contribution in [3.63, 3.8) is 0 Å². The van der Waals surface area contributed by atoms with Crippen molar-refractivity contribution in [3.05, 3.63) is 125 Å². The van der Waals surface area contributed by atoms with Gasteiger partial charge in [-0.05, 0) is 104 Å². The Balaban J connectivity index is 1.27. The second kappa shape index (κ2) is 16.8. The molecule has 3 aromatic carbocycles. The predicted octanol–water partition coefficient (Wildman–Crippen LogP) is 8.41. The molecule has 1 fully saturated rings. The number of phenolic OH excluding ortho intramolecular Hbond substituents is 1. The highest BCUT2D eigenvalue weighted by Gasteiger charge is 2.30.